The highest BCUT2D eigenvalue weighted by molar-refractivity contribution is 6.48. The van der Waals surface area contributed by atoms with Gasteiger partial charge in [-0.1, -0.05) is 48.0 Å². The molecule has 3 amide bonds. The third kappa shape index (κ3) is 5.29. The van der Waals surface area contributed by atoms with Crippen LogP contribution in [-0.2, 0) is 16.1 Å². The molecular weight excluding hydrogens is 500 g/mol. The Morgan fingerprint density at radius 2 is 1.76 bits per heavy atom. The van der Waals surface area contributed by atoms with Crippen LogP contribution in [0.2, 0.25) is 0 Å². The monoisotopic (exact) mass is 520 g/mol. The maximum absolute atomic E-state index is 13.0. The topological polar surface area (TPSA) is 131 Å². The number of anilines is 2. The standard InChI is InChI=1S/C26H21ClN4O6/c1-15-8-9-17(24(32)29-20-13-18(31(35)36)10-11-21(20)37-2)12-19(15)28-23-22(27)25(33)30(26(23)34)14-16-6-4-3-5-7-16/h3-13,28H,14H2,1-2H3,(H,29,32). The molecular formula is C26H21ClN4O6. The van der Waals surface area contributed by atoms with Gasteiger partial charge in [0.1, 0.15) is 16.5 Å². The van der Waals surface area contributed by atoms with E-state index in [-0.39, 0.29) is 40.0 Å². The fourth-order valence-electron chi connectivity index (χ4n) is 3.70. The van der Waals surface area contributed by atoms with Gasteiger partial charge >= 0.3 is 0 Å². The molecule has 3 aromatic rings. The summed E-state index contributed by atoms with van der Waals surface area (Å²) < 4.78 is 5.19. The molecule has 0 bridgehead atoms. The fourth-order valence-corrected chi connectivity index (χ4v) is 3.93. The Morgan fingerprint density at radius 3 is 2.43 bits per heavy atom. The number of carbonyl (C=O) groups is 3. The van der Waals surface area contributed by atoms with Gasteiger partial charge in [-0.15, -0.1) is 0 Å². The van der Waals surface area contributed by atoms with Crippen LogP contribution in [0.4, 0.5) is 17.1 Å². The lowest BCUT2D eigenvalue weighted by molar-refractivity contribution is -0.384. The summed E-state index contributed by atoms with van der Waals surface area (Å²) in [6.45, 7) is 1.82. The van der Waals surface area contributed by atoms with Crippen LogP contribution < -0.4 is 15.4 Å². The molecule has 2 N–H and O–H groups in total. The number of carbonyl (C=O) groups excluding carboxylic acids is 3. The first kappa shape index (κ1) is 25.4. The molecule has 11 heteroatoms. The number of nitro groups is 1. The first-order valence-corrected chi connectivity index (χ1v) is 11.4. The van der Waals surface area contributed by atoms with Gasteiger partial charge in [0.2, 0.25) is 0 Å². The number of methoxy groups -OCH3 is 1. The number of halogens is 1. The van der Waals surface area contributed by atoms with Crippen LogP contribution in [-0.4, -0.2) is 34.7 Å². The predicted octanol–water partition coefficient (Wildman–Crippen LogP) is 4.60. The Morgan fingerprint density at radius 1 is 1.03 bits per heavy atom. The quantitative estimate of drug-likeness (QED) is 0.252. The molecule has 0 radical (unpaired) electrons. The van der Waals surface area contributed by atoms with Gasteiger partial charge in [-0.3, -0.25) is 29.4 Å². The molecule has 0 aliphatic carbocycles. The molecule has 0 spiro atoms. The lowest BCUT2D eigenvalue weighted by Crippen LogP contribution is -2.31. The molecule has 0 unspecified atom stereocenters. The minimum absolute atomic E-state index is 0.0619. The van der Waals surface area contributed by atoms with Gasteiger partial charge in [-0.05, 0) is 36.2 Å². The van der Waals surface area contributed by atoms with Crippen LogP contribution in [0.5, 0.6) is 5.75 Å². The van der Waals surface area contributed by atoms with Gasteiger partial charge in [0.25, 0.3) is 23.4 Å². The number of nitro benzene ring substituents is 1. The highest BCUT2D eigenvalue weighted by atomic mass is 35.5. The van der Waals surface area contributed by atoms with Crippen LogP contribution in [0.1, 0.15) is 21.5 Å². The first-order chi connectivity index (χ1) is 17.7. The van der Waals surface area contributed by atoms with E-state index in [9.17, 15) is 24.5 Å². The molecule has 0 fully saturated rings. The number of rotatable bonds is 8. The molecule has 1 aliphatic heterocycles. The van der Waals surface area contributed by atoms with Crippen LogP contribution in [0.25, 0.3) is 0 Å². The smallest absolute Gasteiger partial charge is 0.279 e. The predicted molar refractivity (Wildman–Crippen MR) is 137 cm³/mol. The Hall–Kier alpha value is -4.70. The normalized spacial score (nSPS) is 13.1. The Labute approximate surface area is 216 Å². The first-order valence-electron chi connectivity index (χ1n) is 11.0. The van der Waals surface area contributed by atoms with Gasteiger partial charge in [0.05, 0.1) is 24.3 Å². The van der Waals surface area contributed by atoms with Crippen molar-refractivity contribution in [1.82, 2.24) is 4.90 Å². The van der Waals surface area contributed by atoms with Crippen LogP contribution in [0, 0.1) is 17.0 Å². The molecule has 37 heavy (non-hydrogen) atoms. The van der Waals surface area contributed by atoms with Gasteiger partial charge in [0.15, 0.2) is 0 Å². The second kappa shape index (κ2) is 10.5. The van der Waals surface area contributed by atoms with Crippen LogP contribution in [0.3, 0.4) is 0 Å². The lowest BCUT2D eigenvalue weighted by atomic mass is 10.1. The number of nitrogens with one attached hydrogen (secondary N) is 2. The molecule has 0 saturated carbocycles. The summed E-state index contributed by atoms with van der Waals surface area (Å²) in [5, 5.41) is 16.4. The number of hydrogen-bond acceptors (Lipinski definition) is 7. The van der Waals surface area contributed by atoms with Gasteiger partial charge in [0, 0.05) is 23.4 Å². The number of aryl methyl sites for hydroxylation is 1. The van der Waals surface area contributed by atoms with E-state index in [4.69, 9.17) is 16.3 Å². The molecule has 0 saturated heterocycles. The Kier molecular flexibility index (Phi) is 7.21. The van der Waals surface area contributed by atoms with Gasteiger partial charge in [-0.2, -0.15) is 0 Å². The van der Waals surface area contributed by atoms with Crippen molar-refractivity contribution < 1.29 is 24.0 Å². The summed E-state index contributed by atoms with van der Waals surface area (Å²) in [5.41, 5.74) is 1.84. The largest absolute Gasteiger partial charge is 0.495 e. The highest BCUT2D eigenvalue weighted by Gasteiger charge is 2.38. The van der Waals surface area contributed by atoms with Crippen LogP contribution in [0.15, 0.2) is 77.5 Å². The van der Waals surface area contributed by atoms with E-state index in [1.807, 2.05) is 6.07 Å². The number of nitrogens with zero attached hydrogens (tertiary/aromatic N) is 2. The van der Waals surface area contributed by atoms with E-state index in [0.717, 1.165) is 10.5 Å². The van der Waals surface area contributed by atoms with Crippen molar-refractivity contribution in [2.45, 2.75) is 13.5 Å². The Bertz CT molecular complexity index is 1450. The molecule has 4 rings (SSSR count). The molecule has 10 nitrogen and oxygen atoms in total. The summed E-state index contributed by atoms with van der Waals surface area (Å²) in [7, 11) is 1.38. The highest BCUT2D eigenvalue weighted by Crippen LogP contribution is 2.31. The van der Waals surface area contributed by atoms with Crippen molar-refractivity contribution in [3.63, 3.8) is 0 Å². The zero-order chi connectivity index (χ0) is 26.7. The fraction of sp³-hybridized carbons (Fsp3) is 0.115. The van der Waals surface area contributed by atoms with E-state index < -0.39 is 22.6 Å². The molecule has 0 atom stereocenters. The van der Waals surface area contributed by atoms with Crippen LogP contribution >= 0.6 is 11.6 Å². The van der Waals surface area contributed by atoms with Crippen molar-refractivity contribution in [2.24, 2.45) is 0 Å². The van der Waals surface area contributed by atoms with Crippen molar-refractivity contribution in [2.75, 3.05) is 17.7 Å². The number of ether oxygens (including phenoxy) is 1. The summed E-state index contributed by atoms with van der Waals surface area (Å²) in [5.74, 6) is -1.53. The van der Waals surface area contributed by atoms with Crippen molar-refractivity contribution >= 4 is 46.4 Å². The average Bonchev–Trinajstić information content (AvgIpc) is 3.08. The molecule has 3 aromatic carbocycles. The summed E-state index contributed by atoms with van der Waals surface area (Å²) in [4.78, 5) is 50.2. The third-order valence-electron chi connectivity index (χ3n) is 5.70. The maximum Gasteiger partial charge on any atom is 0.279 e. The van der Waals surface area contributed by atoms with Gasteiger partial charge < -0.3 is 15.4 Å². The van der Waals surface area contributed by atoms with Gasteiger partial charge in [-0.25, -0.2) is 0 Å². The lowest BCUT2D eigenvalue weighted by Gasteiger charge is -2.16. The van der Waals surface area contributed by atoms with Crippen molar-refractivity contribution in [3.8, 4) is 5.75 Å². The van der Waals surface area contributed by atoms with E-state index >= 15 is 0 Å². The SMILES string of the molecule is COc1ccc([N+](=O)[O-])cc1NC(=O)c1ccc(C)c(NC2=C(Cl)C(=O)N(Cc3ccccc3)C2=O)c1. The summed E-state index contributed by atoms with van der Waals surface area (Å²) in [6.07, 6.45) is 0. The average molecular weight is 521 g/mol. The van der Waals surface area contributed by atoms with E-state index in [0.29, 0.717) is 11.3 Å². The van der Waals surface area contributed by atoms with Crippen molar-refractivity contribution in [3.05, 3.63) is 104 Å². The minimum atomic E-state index is -0.623. The minimum Gasteiger partial charge on any atom is -0.495 e. The van der Waals surface area contributed by atoms with E-state index in [2.05, 4.69) is 10.6 Å². The molecule has 1 aliphatic rings. The van der Waals surface area contributed by atoms with E-state index in [1.54, 1.807) is 43.3 Å². The molecule has 1 heterocycles. The molecule has 0 aromatic heterocycles. The van der Waals surface area contributed by atoms with Crippen molar-refractivity contribution in [1.29, 1.82) is 0 Å². The Balaban J connectivity index is 1.56. The maximum atomic E-state index is 13.0. The van der Waals surface area contributed by atoms with E-state index in [1.165, 1.54) is 31.4 Å². The number of non-ortho nitro benzene ring substituents is 1. The number of imide groups is 1. The third-order valence-corrected chi connectivity index (χ3v) is 6.05. The zero-order valence-corrected chi connectivity index (χ0v) is 20.5. The number of hydrogen-bond donors (Lipinski definition) is 2. The number of benzene rings is 3. The number of amides is 3. The second-order valence-corrected chi connectivity index (χ2v) is 8.50. The molecule has 188 valence electrons. The second-order valence-electron chi connectivity index (χ2n) is 8.12. The summed E-state index contributed by atoms with van der Waals surface area (Å²) in [6, 6.07) is 17.6. The zero-order valence-electron chi connectivity index (χ0n) is 19.8. The summed E-state index contributed by atoms with van der Waals surface area (Å²) >= 11 is 6.23.